The molecule has 0 aliphatic carbocycles. The standard InChI is InChI=1S/C23H29FN4O/c24-21-17-19(25-23(29)18-26-11-5-2-6-12-26)9-10-22(21)28-15-13-27(14-16-28)20-7-3-1-4-8-20/h1,3-4,7-10,17H,2,5-6,11-16,18H2,(H,25,29). The summed E-state index contributed by atoms with van der Waals surface area (Å²) in [7, 11) is 0. The van der Waals surface area contributed by atoms with E-state index in [-0.39, 0.29) is 11.7 Å². The van der Waals surface area contributed by atoms with Crippen molar-refractivity contribution in [2.75, 3.05) is 60.9 Å². The van der Waals surface area contributed by atoms with Gasteiger partial charge < -0.3 is 15.1 Å². The number of hydrogen-bond donors (Lipinski definition) is 1. The van der Waals surface area contributed by atoms with Gasteiger partial charge >= 0.3 is 0 Å². The first kappa shape index (κ1) is 19.7. The molecular weight excluding hydrogens is 367 g/mol. The fourth-order valence-corrected chi connectivity index (χ4v) is 4.21. The molecule has 4 rings (SSSR count). The van der Waals surface area contributed by atoms with Crippen molar-refractivity contribution < 1.29 is 9.18 Å². The van der Waals surface area contributed by atoms with E-state index in [1.807, 2.05) is 18.2 Å². The molecular formula is C23H29FN4O. The molecule has 2 aliphatic heterocycles. The van der Waals surface area contributed by atoms with E-state index in [1.54, 1.807) is 12.1 Å². The van der Waals surface area contributed by atoms with Crippen LogP contribution in [0.15, 0.2) is 48.5 Å². The monoisotopic (exact) mass is 396 g/mol. The Morgan fingerprint density at radius 3 is 2.24 bits per heavy atom. The maximum absolute atomic E-state index is 14.7. The van der Waals surface area contributed by atoms with Gasteiger partial charge in [0.2, 0.25) is 5.91 Å². The van der Waals surface area contributed by atoms with Gasteiger partial charge in [0.15, 0.2) is 0 Å². The number of halogens is 1. The smallest absolute Gasteiger partial charge is 0.238 e. The van der Waals surface area contributed by atoms with Crippen molar-refractivity contribution in [2.45, 2.75) is 19.3 Å². The molecule has 2 heterocycles. The van der Waals surface area contributed by atoms with E-state index >= 15 is 0 Å². The van der Waals surface area contributed by atoms with Gasteiger partial charge in [-0.15, -0.1) is 0 Å². The van der Waals surface area contributed by atoms with Crippen LogP contribution < -0.4 is 15.1 Å². The Labute approximate surface area is 172 Å². The largest absolute Gasteiger partial charge is 0.368 e. The van der Waals surface area contributed by atoms with E-state index in [0.717, 1.165) is 52.1 Å². The molecule has 2 aromatic carbocycles. The van der Waals surface area contributed by atoms with Crippen molar-refractivity contribution in [2.24, 2.45) is 0 Å². The molecule has 2 aliphatic rings. The lowest BCUT2D eigenvalue weighted by molar-refractivity contribution is -0.117. The van der Waals surface area contributed by atoms with Crippen molar-refractivity contribution in [1.82, 2.24) is 4.90 Å². The van der Waals surface area contributed by atoms with Gasteiger partial charge in [-0.3, -0.25) is 9.69 Å². The molecule has 0 bridgehead atoms. The van der Waals surface area contributed by atoms with Gasteiger partial charge in [0, 0.05) is 37.6 Å². The second-order valence-electron chi connectivity index (χ2n) is 7.86. The highest BCUT2D eigenvalue weighted by molar-refractivity contribution is 5.92. The minimum atomic E-state index is -0.283. The van der Waals surface area contributed by atoms with Crippen LogP contribution in [-0.2, 0) is 4.79 Å². The number of amides is 1. The molecule has 0 spiro atoms. The van der Waals surface area contributed by atoms with Crippen molar-refractivity contribution >= 4 is 23.0 Å². The number of nitrogens with zero attached hydrogens (tertiary/aromatic N) is 3. The van der Waals surface area contributed by atoms with Crippen LogP contribution >= 0.6 is 0 Å². The number of hydrogen-bond acceptors (Lipinski definition) is 4. The summed E-state index contributed by atoms with van der Waals surface area (Å²) in [5.41, 5.74) is 2.34. The molecule has 0 atom stereocenters. The summed E-state index contributed by atoms with van der Waals surface area (Å²) in [6, 6.07) is 15.3. The zero-order chi connectivity index (χ0) is 20.1. The highest BCUT2D eigenvalue weighted by Crippen LogP contribution is 2.25. The van der Waals surface area contributed by atoms with E-state index in [0.29, 0.717) is 17.9 Å². The SMILES string of the molecule is O=C(CN1CCCCC1)Nc1ccc(N2CCN(c3ccccc3)CC2)c(F)c1. The summed E-state index contributed by atoms with van der Waals surface area (Å²) in [6.07, 6.45) is 3.53. The van der Waals surface area contributed by atoms with Crippen molar-refractivity contribution in [1.29, 1.82) is 0 Å². The molecule has 5 nitrogen and oxygen atoms in total. The molecule has 0 saturated carbocycles. The zero-order valence-corrected chi connectivity index (χ0v) is 16.8. The minimum absolute atomic E-state index is 0.0736. The van der Waals surface area contributed by atoms with E-state index in [1.165, 1.54) is 18.2 Å². The number of piperazine rings is 1. The molecule has 0 radical (unpaired) electrons. The first-order valence-corrected chi connectivity index (χ1v) is 10.6. The van der Waals surface area contributed by atoms with Crippen molar-refractivity contribution in [3.05, 3.63) is 54.3 Å². The zero-order valence-electron chi connectivity index (χ0n) is 16.8. The molecule has 2 aromatic rings. The predicted octanol–water partition coefficient (Wildman–Crippen LogP) is 3.58. The third-order valence-electron chi connectivity index (χ3n) is 5.79. The van der Waals surface area contributed by atoms with Crippen molar-refractivity contribution in [3.63, 3.8) is 0 Å². The number of carbonyl (C=O) groups is 1. The van der Waals surface area contributed by atoms with Crippen LogP contribution in [0, 0.1) is 5.82 Å². The Kier molecular flexibility index (Phi) is 6.30. The number of nitrogens with one attached hydrogen (secondary N) is 1. The van der Waals surface area contributed by atoms with Gasteiger partial charge in [-0.05, 0) is 56.3 Å². The quantitative estimate of drug-likeness (QED) is 0.839. The second kappa shape index (κ2) is 9.27. The Hall–Kier alpha value is -2.60. The summed E-state index contributed by atoms with van der Waals surface area (Å²) >= 11 is 0. The molecule has 2 saturated heterocycles. The summed E-state index contributed by atoms with van der Waals surface area (Å²) in [6.45, 7) is 5.57. The van der Waals surface area contributed by atoms with E-state index in [2.05, 4.69) is 32.1 Å². The van der Waals surface area contributed by atoms with Crippen LogP contribution in [0.2, 0.25) is 0 Å². The Bertz CT molecular complexity index is 815. The highest BCUT2D eigenvalue weighted by atomic mass is 19.1. The number of likely N-dealkylation sites (tertiary alicyclic amines) is 1. The van der Waals surface area contributed by atoms with Crippen LogP contribution in [0.25, 0.3) is 0 Å². The number of anilines is 3. The molecule has 0 aromatic heterocycles. The summed E-state index contributed by atoms with van der Waals surface area (Å²) < 4.78 is 14.7. The number of para-hydroxylation sites is 1. The van der Waals surface area contributed by atoms with Crippen LogP contribution in [0.1, 0.15) is 19.3 Å². The normalized spacial score (nSPS) is 18.0. The van der Waals surface area contributed by atoms with E-state index in [9.17, 15) is 9.18 Å². The van der Waals surface area contributed by atoms with E-state index < -0.39 is 0 Å². The second-order valence-corrected chi connectivity index (χ2v) is 7.86. The van der Waals surface area contributed by atoms with Gasteiger partial charge in [0.25, 0.3) is 0 Å². The highest BCUT2D eigenvalue weighted by Gasteiger charge is 2.20. The van der Waals surface area contributed by atoms with Gasteiger partial charge in [-0.1, -0.05) is 24.6 Å². The lowest BCUT2D eigenvalue weighted by Gasteiger charge is -2.37. The molecule has 29 heavy (non-hydrogen) atoms. The minimum Gasteiger partial charge on any atom is -0.368 e. The third-order valence-corrected chi connectivity index (χ3v) is 5.79. The maximum Gasteiger partial charge on any atom is 0.238 e. The third kappa shape index (κ3) is 5.07. The predicted molar refractivity (Wildman–Crippen MR) is 116 cm³/mol. The fourth-order valence-electron chi connectivity index (χ4n) is 4.21. The van der Waals surface area contributed by atoms with Gasteiger partial charge in [-0.2, -0.15) is 0 Å². The van der Waals surface area contributed by atoms with Crippen LogP contribution in [0.3, 0.4) is 0 Å². The number of carbonyl (C=O) groups excluding carboxylic acids is 1. The van der Waals surface area contributed by atoms with Gasteiger partial charge in [0.1, 0.15) is 5.82 Å². The number of benzene rings is 2. The topological polar surface area (TPSA) is 38.8 Å². The Balaban J connectivity index is 1.32. The maximum atomic E-state index is 14.7. The first-order chi connectivity index (χ1) is 14.2. The average Bonchev–Trinajstić information content (AvgIpc) is 2.75. The van der Waals surface area contributed by atoms with Crippen LogP contribution in [-0.4, -0.2) is 56.6 Å². The number of piperidine rings is 1. The molecule has 1 amide bonds. The summed E-state index contributed by atoms with van der Waals surface area (Å²) in [5, 5.41) is 2.84. The Morgan fingerprint density at radius 1 is 0.862 bits per heavy atom. The molecule has 154 valence electrons. The summed E-state index contributed by atoms with van der Waals surface area (Å²) in [4.78, 5) is 18.8. The van der Waals surface area contributed by atoms with Crippen LogP contribution in [0.5, 0.6) is 0 Å². The molecule has 1 N–H and O–H groups in total. The first-order valence-electron chi connectivity index (χ1n) is 10.6. The molecule has 6 heteroatoms. The van der Waals surface area contributed by atoms with E-state index in [4.69, 9.17) is 0 Å². The molecule has 2 fully saturated rings. The van der Waals surface area contributed by atoms with Crippen molar-refractivity contribution in [3.8, 4) is 0 Å². The van der Waals surface area contributed by atoms with Gasteiger partial charge in [0.05, 0.1) is 12.2 Å². The van der Waals surface area contributed by atoms with Crippen LogP contribution in [0.4, 0.5) is 21.5 Å². The molecule has 0 unspecified atom stereocenters. The lowest BCUT2D eigenvalue weighted by atomic mass is 10.1. The van der Waals surface area contributed by atoms with Gasteiger partial charge in [-0.25, -0.2) is 4.39 Å². The average molecular weight is 397 g/mol. The Morgan fingerprint density at radius 2 is 1.55 bits per heavy atom. The fraction of sp³-hybridized carbons (Fsp3) is 0.435. The lowest BCUT2D eigenvalue weighted by Crippen LogP contribution is -2.46. The summed E-state index contributed by atoms with van der Waals surface area (Å²) in [5.74, 6) is -0.357. The number of rotatable bonds is 5.